The molecule has 0 bridgehead atoms. The van der Waals surface area contributed by atoms with Gasteiger partial charge >= 0.3 is 0 Å². The van der Waals surface area contributed by atoms with E-state index in [2.05, 4.69) is 5.32 Å². The Labute approximate surface area is 172 Å². The molecule has 0 spiro atoms. The molecule has 0 aromatic carbocycles. The van der Waals surface area contributed by atoms with Gasteiger partial charge in [-0.15, -0.1) is 12.4 Å². The van der Waals surface area contributed by atoms with Crippen LogP contribution in [-0.2, 0) is 4.74 Å². The zero-order valence-corrected chi connectivity index (χ0v) is 17.1. The van der Waals surface area contributed by atoms with Crippen molar-refractivity contribution in [3.8, 4) is 5.88 Å². The Hall–Kier alpha value is -1.37. The first-order chi connectivity index (χ1) is 13.3. The van der Waals surface area contributed by atoms with Crippen LogP contribution < -0.4 is 10.1 Å². The van der Waals surface area contributed by atoms with Crippen molar-refractivity contribution < 1.29 is 14.3 Å². The lowest BCUT2D eigenvalue weighted by atomic mass is 10.0. The van der Waals surface area contributed by atoms with Crippen LogP contribution in [0.3, 0.4) is 0 Å². The lowest BCUT2D eigenvalue weighted by molar-refractivity contribution is 0.0490. The van der Waals surface area contributed by atoms with Crippen LogP contribution >= 0.6 is 12.4 Å². The van der Waals surface area contributed by atoms with Crippen LogP contribution in [-0.4, -0.2) is 61.8 Å². The van der Waals surface area contributed by atoms with E-state index in [1.165, 1.54) is 12.8 Å². The van der Waals surface area contributed by atoms with E-state index in [-0.39, 0.29) is 18.3 Å². The number of aromatic nitrogens is 1. The number of ether oxygens (including phenoxy) is 2. The van der Waals surface area contributed by atoms with Gasteiger partial charge in [0, 0.05) is 62.6 Å². The number of likely N-dealkylation sites (tertiary alicyclic amines) is 1. The predicted octanol–water partition coefficient (Wildman–Crippen LogP) is 2.48. The molecule has 4 heterocycles. The van der Waals surface area contributed by atoms with Gasteiger partial charge in [-0.25, -0.2) is 4.98 Å². The SMILES string of the molecule is Cl.O=C(c1cc(OCC2CCOCC2)nc(C2CC2)c1)N1C[C@@H]2CNC[C@H]2C1. The quantitative estimate of drug-likeness (QED) is 0.812. The topological polar surface area (TPSA) is 63.7 Å². The Morgan fingerprint density at radius 3 is 2.54 bits per heavy atom. The maximum Gasteiger partial charge on any atom is 0.254 e. The Kier molecular flexibility index (Phi) is 6.09. The second-order valence-corrected chi connectivity index (χ2v) is 8.65. The highest BCUT2D eigenvalue weighted by molar-refractivity contribution is 5.95. The number of pyridine rings is 1. The number of nitrogens with one attached hydrogen (secondary N) is 1. The minimum Gasteiger partial charge on any atom is -0.477 e. The van der Waals surface area contributed by atoms with Gasteiger partial charge in [0.25, 0.3) is 5.91 Å². The summed E-state index contributed by atoms with van der Waals surface area (Å²) < 4.78 is 11.5. The van der Waals surface area contributed by atoms with Gasteiger partial charge < -0.3 is 19.7 Å². The van der Waals surface area contributed by atoms with E-state index in [4.69, 9.17) is 14.5 Å². The molecule has 2 atom stereocenters. The lowest BCUT2D eigenvalue weighted by Crippen LogP contribution is -2.32. The number of halogens is 1. The first-order valence-electron chi connectivity index (χ1n) is 10.5. The van der Waals surface area contributed by atoms with Crippen molar-refractivity contribution in [3.05, 3.63) is 23.4 Å². The largest absolute Gasteiger partial charge is 0.477 e. The van der Waals surface area contributed by atoms with Crippen molar-refractivity contribution in [2.75, 3.05) is 46.0 Å². The van der Waals surface area contributed by atoms with Crippen LogP contribution in [0.2, 0.25) is 0 Å². The summed E-state index contributed by atoms with van der Waals surface area (Å²) in [5.74, 6) is 3.02. The first-order valence-corrected chi connectivity index (χ1v) is 10.5. The van der Waals surface area contributed by atoms with Crippen LogP contribution in [0.5, 0.6) is 5.88 Å². The molecular weight excluding hydrogens is 378 g/mol. The molecule has 4 fully saturated rings. The average molecular weight is 408 g/mol. The van der Waals surface area contributed by atoms with Crippen LogP contribution in [0, 0.1) is 17.8 Å². The molecule has 6 nitrogen and oxygen atoms in total. The van der Waals surface area contributed by atoms with E-state index in [9.17, 15) is 4.79 Å². The molecule has 1 amide bonds. The van der Waals surface area contributed by atoms with E-state index in [0.717, 1.165) is 63.5 Å². The molecule has 0 unspecified atom stereocenters. The maximum absolute atomic E-state index is 13.1. The Morgan fingerprint density at radius 2 is 1.86 bits per heavy atom. The maximum atomic E-state index is 13.1. The highest BCUT2D eigenvalue weighted by atomic mass is 35.5. The molecule has 3 saturated heterocycles. The molecule has 1 N–H and O–H groups in total. The third-order valence-electron chi connectivity index (χ3n) is 6.55. The predicted molar refractivity (Wildman–Crippen MR) is 108 cm³/mol. The molecular formula is C21H30ClN3O3. The third-order valence-corrected chi connectivity index (χ3v) is 6.55. The van der Waals surface area contributed by atoms with Crippen molar-refractivity contribution >= 4 is 18.3 Å². The van der Waals surface area contributed by atoms with E-state index in [1.807, 2.05) is 17.0 Å². The molecule has 0 radical (unpaired) electrons. The smallest absolute Gasteiger partial charge is 0.254 e. The number of carbonyl (C=O) groups excluding carboxylic acids is 1. The van der Waals surface area contributed by atoms with E-state index in [0.29, 0.717) is 36.2 Å². The van der Waals surface area contributed by atoms with Crippen molar-refractivity contribution in [1.29, 1.82) is 0 Å². The fraction of sp³-hybridized carbons (Fsp3) is 0.714. The lowest BCUT2D eigenvalue weighted by Gasteiger charge is -2.22. The van der Waals surface area contributed by atoms with E-state index >= 15 is 0 Å². The van der Waals surface area contributed by atoms with Gasteiger partial charge in [-0.3, -0.25) is 4.79 Å². The van der Waals surface area contributed by atoms with E-state index < -0.39 is 0 Å². The second kappa shape index (κ2) is 8.56. The van der Waals surface area contributed by atoms with Crippen LogP contribution in [0.15, 0.2) is 12.1 Å². The van der Waals surface area contributed by atoms with Crippen molar-refractivity contribution in [3.63, 3.8) is 0 Å². The van der Waals surface area contributed by atoms with Gasteiger partial charge in [0.2, 0.25) is 5.88 Å². The van der Waals surface area contributed by atoms with Crippen LogP contribution in [0.25, 0.3) is 0 Å². The minimum atomic E-state index is 0. The summed E-state index contributed by atoms with van der Waals surface area (Å²) in [5.41, 5.74) is 1.78. The van der Waals surface area contributed by atoms with Crippen molar-refractivity contribution in [1.82, 2.24) is 15.2 Å². The summed E-state index contributed by atoms with van der Waals surface area (Å²) >= 11 is 0. The summed E-state index contributed by atoms with van der Waals surface area (Å²) in [5, 5.41) is 3.44. The molecule has 154 valence electrons. The molecule has 1 aliphatic carbocycles. The molecule has 4 aliphatic rings. The molecule has 3 aliphatic heterocycles. The Morgan fingerprint density at radius 1 is 1.14 bits per heavy atom. The standard InChI is InChI=1S/C21H29N3O3.ClH/c25-21(24-11-17-9-22-10-18(17)12-24)16-7-19(15-1-2-15)23-20(8-16)27-13-14-3-5-26-6-4-14;/h7-8,14-15,17-18,22H,1-6,9-13H2;1H/t17-,18-;/m0./s1. The van der Waals surface area contributed by atoms with Gasteiger partial charge in [-0.2, -0.15) is 0 Å². The minimum absolute atomic E-state index is 0. The fourth-order valence-corrected chi connectivity index (χ4v) is 4.63. The zero-order valence-electron chi connectivity index (χ0n) is 16.3. The van der Waals surface area contributed by atoms with Gasteiger partial charge in [0.1, 0.15) is 0 Å². The number of hydrogen-bond acceptors (Lipinski definition) is 5. The van der Waals surface area contributed by atoms with E-state index in [1.54, 1.807) is 0 Å². The third kappa shape index (κ3) is 4.29. The molecule has 1 saturated carbocycles. The number of carbonyl (C=O) groups is 1. The number of hydrogen-bond donors (Lipinski definition) is 1. The second-order valence-electron chi connectivity index (χ2n) is 8.65. The van der Waals surface area contributed by atoms with Crippen LogP contribution in [0.1, 0.15) is 47.7 Å². The number of amides is 1. The Balaban J connectivity index is 0.00000192. The van der Waals surface area contributed by atoms with Crippen molar-refractivity contribution in [2.24, 2.45) is 17.8 Å². The summed E-state index contributed by atoms with van der Waals surface area (Å²) in [7, 11) is 0. The fourth-order valence-electron chi connectivity index (χ4n) is 4.63. The summed E-state index contributed by atoms with van der Waals surface area (Å²) in [6.07, 6.45) is 4.42. The molecule has 5 rings (SSSR count). The van der Waals surface area contributed by atoms with Gasteiger partial charge in [-0.1, -0.05) is 0 Å². The van der Waals surface area contributed by atoms with Gasteiger partial charge in [0.05, 0.1) is 6.61 Å². The summed E-state index contributed by atoms with van der Waals surface area (Å²) in [4.78, 5) is 19.9. The monoisotopic (exact) mass is 407 g/mol. The molecule has 1 aromatic heterocycles. The van der Waals surface area contributed by atoms with Crippen LogP contribution in [0.4, 0.5) is 0 Å². The Bertz CT molecular complexity index is 694. The van der Waals surface area contributed by atoms with Crippen molar-refractivity contribution in [2.45, 2.75) is 31.6 Å². The number of rotatable bonds is 5. The summed E-state index contributed by atoms with van der Waals surface area (Å²) in [6.45, 7) is 6.12. The molecule has 7 heteroatoms. The normalized spacial score (nSPS) is 27.4. The zero-order chi connectivity index (χ0) is 18.2. The first kappa shape index (κ1) is 19.9. The summed E-state index contributed by atoms with van der Waals surface area (Å²) in [6, 6.07) is 3.87. The molecule has 1 aromatic rings. The highest BCUT2D eigenvalue weighted by Crippen LogP contribution is 2.40. The number of nitrogens with zero attached hydrogens (tertiary/aromatic N) is 2. The average Bonchev–Trinajstić information content (AvgIpc) is 3.34. The molecule has 28 heavy (non-hydrogen) atoms. The number of fused-ring (bicyclic) bond motifs is 1. The van der Waals surface area contributed by atoms with Gasteiger partial charge in [-0.05, 0) is 49.5 Å². The van der Waals surface area contributed by atoms with Gasteiger partial charge in [0.15, 0.2) is 0 Å². The highest BCUT2D eigenvalue weighted by Gasteiger charge is 2.38.